The molecule has 8 nitrogen and oxygen atoms in total. The van der Waals surface area contributed by atoms with Crippen molar-refractivity contribution in [3.63, 3.8) is 0 Å². The summed E-state index contributed by atoms with van der Waals surface area (Å²) in [5.41, 5.74) is 3.09. The SMILES string of the molecule is O=C(CNc1ccc2ccccc2c1)N/N=C\c1ccc(O)c([N+](=O)[O-])c1. The number of amides is 1. The maximum absolute atomic E-state index is 11.9. The number of carbonyl (C=O) groups excluding carboxylic acids is 1. The summed E-state index contributed by atoms with van der Waals surface area (Å²) in [4.78, 5) is 21.9. The fourth-order valence-corrected chi connectivity index (χ4v) is 2.47. The van der Waals surface area contributed by atoms with Gasteiger partial charge in [-0.2, -0.15) is 5.10 Å². The van der Waals surface area contributed by atoms with Crippen LogP contribution in [0.25, 0.3) is 10.8 Å². The lowest BCUT2D eigenvalue weighted by Crippen LogP contribution is -2.25. The van der Waals surface area contributed by atoms with E-state index in [2.05, 4.69) is 15.8 Å². The van der Waals surface area contributed by atoms with Crippen LogP contribution >= 0.6 is 0 Å². The van der Waals surface area contributed by atoms with Crippen LogP contribution in [-0.4, -0.2) is 28.7 Å². The summed E-state index contributed by atoms with van der Waals surface area (Å²) in [6.07, 6.45) is 1.26. The van der Waals surface area contributed by atoms with Crippen LogP contribution < -0.4 is 10.7 Å². The number of benzene rings is 3. The molecule has 0 atom stereocenters. The molecule has 0 saturated heterocycles. The third-order valence-electron chi connectivity index (χ3n) is 3.80. The Morgan fingerprint density at radius 3 is 2.67 bits per heavy atom. The van der Waals surface area contributed by atoms with Gasteiger partial charge in [-0.1, -0.05) is 30.3 Å². The van der Waals surface area contributed by atoms with E-state index in [4.69, 9.17) is 0 Å². The molecule has 8 heteroatoms. The second kappa shape index (κ2) is 7.96. The van der Waals surface area contributed by atoms with E-state index in [1.165, 1.54) is 18.3 Å². The van der Waals surface area contributed by atoms with Gasteiger partial charge in [-0.3, -0.25) is 14.9 Å². The van der Waals surface area contributed by atoms with Gasteiger partial charge in [0.15, 0.2) is 5.75 Å². The molecule has 0 aliphatic heterocycles. The molecule has 0 saturated carbocycles. The molecule has 0 aromatic heterocycles. The lowest BCUT2D eigenvalue weighted by molar-refractivity contribution is -0.385. The zero-order valence-corrected chi connectivity index (χ0v) is 14.1. The number of fused-ring (bicyclic) bond motifs is 1. The van der Waals surface area contributed by atoms with Gasteiger partial charge in [0.1, 0.15) is 0 Å². The van der Waals surface area contributed by atoms with E-state index < -0.39 is 16.4 Å². The number of hydrogen-bond acceptors (Lipinski definition) is 6. The Morgan fingerprint density at radius 1 is 1.11 bits per heavy atom. The molecule has 0 spiro atoms. The number of phenols is 1. The first-order chi connectivity index (χ1) is 13.0. The standard InChI is InChI=1S/C19H16N4O4/c24-18-8-5-13(9-17(18)23(26)27)11-21-22-19(25)12-20-16-7-6-14-3-1-2-4-15(14)10-16/h1-11,20,24H,12H2,(H,22,25)/b21-11-. The number of rotatable bonds is 6. The molecule has 3 aromatic carbocycles. The summed E-state index contributed by atoms with van der Waals surface area (Å²) in [5, 5.41) is 29.1. The molecule has 0 fully saturated rings. The average Bonchev–Trinajstić information content (AvgIpc) is 2.67. The van der Waals surface area contributed by atoms with Crippen LogP contribution in [0.1, 0.15) is 5.56 Å². The van der Waals surface area contributed by atoms with Crippen LogP contribution in [0, 0.1) is 10.1 Å². The Morgan fingerprint density at radius 2 is 1.89 bits per heavy atom. The fraction of sp³-hybridized carbons (Fsp3) is 0.0526. The number of nitrogens with zero attached hydrogens (tertiary/aromatic N) is 2. The van der Waals surface area contributed by atoms with Crippen molar-refractivity contribution >= 4 is 34.3 Å². The zero-order valence-electron chi connectivity index (χ0n) is 14.1. The number of hydrogen-bond donors (Lipinski definition) is 3. The molecule has 3 aromatic rings. The Balaban J connectivity index is 1.55. The molecule has 3 N–H and O–H groups in total. The lowest BCUT2D eigenvalue weighted by atomic mass is 10.1. The second-order valence-corrected chi connectivity index (χ2v) is 5.71. The normalized spacial score (nSPS) is 10.8. The third kappa shape index (κ3) is 4.57. The van der Waals surface area contributed by atoms with Crippen LogP contribution in [0.15, 0.2) is 65.8 Å². The van der Waals surface area contributed by atoms with Gasteiger partial charge < -0.3 is 10.4 Å². The van der Waals surface area contributed by atoms with Crippen molar-refractivity contribution in [2.75, 3.05) is 11.9 Å². The van der Waals surface area contributed by atoms with Crippen molar-refractivity contribution in [2.24, 2.45) is 5.10 Å². The largest absolute Gasteiger partial charge is 0.502 e. The van der Waals surface area contributed by atoms with E-state index in [9.17, 15) is 20.0 Å². The number of carbonyl (C=O) groups is 1. The van der Waals surface area contributed by atoms with Crippen LogP contribution in [0.4, 0.5) is 11.4 Å². The number of anilines is 1. The minimum absolute atomic E-state index is 0.0193. The maximum Gasteiger partial charge on any atom is 0.311 e. The molecule has 0 radical (unpaired) electrons. The zero-order chi connectivity index (χ0) is 19.2. The van der Waals surface area contributed by atoms with Crippen LogP contribution in [0.2, 0.25) is 0 Å². The topological polar surface area (TPSA) is 117 Å². The summed E-state index contributed by atoms with van der Waals surface area (Å²) in [7, 11) is 0. The van der Waals surface area contributed by atoms with Crippen molar-refractivity contribution in [2.45, 2.75) is 0 Å². The minimum atomic E-state index is -0.696. The van der Waals surface area contributed by atoms with Gasteiger partial charge in [-0.05, 0) is 35.0 Å². The van der Waals surface area contributed by atoms with Crippen LogP contribution in [-0.2, 0) is 4.79 Å². The molecule has 3 rings (SSSR count). The number of nitro groups is 1. The quantitative estimate of drug-likeness (QED) is 0.353. The van der Waals surface area contributed by atoms with Crippen molar-refractivity contribution in [1.29, 1.82) is 0 Å². The fourth-order valence-electron chi connectivity index (χ4n) is 2.47. The van der Waals surface area contributed by atoms with Gasteiger partial charge in [-0.15, -0.1) is 0 Å². The molecule has 27 heavy (non-hydrogen) atoms. The van der Waals surface area contributed by atoms with Crippen molar-refractivity contribution < 1.29 is 14.8 Å². The highest BCUT2D eigenvalue weighted by atomic mass is 16.6. The van der Waals surface area contributed by atoms with E-state index in [0.717, 1.165) is 22.5 Å². The summed E-state index contributed by atoms with van der Waals surface area (Å²) in [6.45, 7) is 0.0193. The molecular weight excluding hydrogens is 348 g/mol. The van der Waals surface area contributed by atoms with E-state index in [-0.39, 0.29) is 12.5 Å². The predicted molar refractivity (Wildman–Crippen MR) is 103 cm³/mol. The molecule has 0 aliphatic carbocycles. The Hall–Kier alpha value is -3.94. The maximum atomic E-state index is 11.9. The van der Waals surface area contributed by atoms with Gasteiger partial charge in [0.2, 0.25) is 0 Å². The molecule has 1 amide bonds. The number of phenolic OH excluding ortho intramolecular Hbond substituents is 1. The van der Waals surface area contributed by atoms with E-state index in [1.807, 2.05) is 42.5 Å². The smallest absolute Gasteiger partial charge is 0.311 e. The number of nitro benzene ring substituents is 1. The molecular formula is C19H16N4O4. The highest BCUT2D eigenvalue weighted by molar-refractivity contribution is 5.88. The Labute approximate surface area is 154 Å². The van der Waals surface area contributed by atoms with Gasteiger partial charge in [-0.25, -0.2) is 5.43 Å². The first-order valence-electron chi connectivity index (χ1n) is 8.05. The second-order valence-electron chi connectivity index (χ2n) is 5.71. The van der Waals surface area contributed by atoms with Gasteiger partial charge in [0.05, 0.1) is 17.7 Å². The van der Waals surface area contributed by atoms with Crippen LogP contribution in [0.5, 0.6) is 5.75 Å². The number of nitrogens with one attached hydrogen (secondary N) is 2. The summed E-state index contributed by atoms with van der Waals surface area (Å²) in [5.74, 6) is -0.798. The lowest BCUT2D eigenvalue weighted by Gasteiger charge is -2.06. The van der Waals surface area contributed by atoms with E-state index in [0.29, 0.717) is 5.56 Å². The molecule has 0 aliphatic rings. The number of aromatic hydroxyl groups is 1. The van der Waals surface area contributed by atoms with Crippen molar-refractivity contribution in [1.82, 2.24) is 5.43 Å². The first kappa shape index (κ1) is 17.9. The van der Waals surface area contributed by atoms with E-state index >= 15 is 0 Å². The van der Waals surface area contributed by atoms with Crippen molar-refractivity contribution in [3.8, 4) is 5.75 Å². The van der Waals surface area contributed by atoms with Crippen LogP contribution in [0.3, 0.4) is 0 Å². The van der Waals surface area contributed by atoms with E-state index in [1.54, 1.807) is 0 Å². The predicted octanol–water partition coefficient (Wildman–Crippen LogP) is 3.02. The van der Waals surface area contributed by atoms with Gasteiger partial charge in [0.25, 0.3) is 5.91 Å². The molecule has 0 bridgehead atoms. The summed E-state index contributed by atoms with van der Waals surface area (Å²) >= 11 is 0. The molecule has 0 heterocycles. The highest BCUT2D eigenvalue weighted by Crippen LogP contribution is 2.25. The average molecular weight is 364 g/mol. The minimum Gasteiger partial charge on any atom is -0.502 e. The Kier molecular flexibility index (Phi) is 5.27. The Bertz CT molecular complexity index is 1030. The van der Waals surface area contributed by atoms with Gasteiger partial charge >= 0.3 is 5.69 Å². The number of hydrazone groups is 1. The first-order valence-corrected chi connectivity index (χ1v) is 8.05. The highest BCUT2D eigenvalue weighted by Gasteiger charge is 2.12. The van der Waals surface area contributed by atoms with Gasteiger partial charge in [0, 0.05) is 17.3 Å². The monoisotopic (exact) mass is 364 g/mol. The third-order valence-corrected chi connectivity index (χ3v) is 3.80. The summed E-state index contributed by atoms with van der Waals surface area (Å²) in [6, 6.07) is 17.5. The molecule has 0 unspecified atom stereocenters. The summed E-state index contributed by atoms with van der Waals surface area (Å²) < 4.78 is 0. The molecule has 136 valence electrons. The van der Waals surface area contributed by atoms with Crippen molar-refractivity contribution in [3.05, 3.63) is 76.3 Å².